The fraction of sp³-hybridized carbons (Fsp3) is 0.846. The lowest BCUT2D eigenvalue weighted by atomic mass is 9.88. The minimum atomic E-state index is -0.956. The van der Waals surface area contributed by atoms with Crippen LogP contribution >= 0.6 is 0 Å². The van der Waals surface area contributed by atoms with Crippen molar-refractivity contribution in [3.63, 3.8) is 0 Å². The fourth-order valence-corrected chi connectivity index (χ4v) is 2.73. The second-order valence-corrected chi connectivity index (χ2v) is 5.17. The van der Waals surface area contributed by atoms with Crippen LogP contribution in [0, 0.1) is 5.92 Å². The molecule has 98 valence electrons. The van der Waals surface area contributed by atoms with Crippen LogP contribution in [0.5, 0.6) is 0 Å². The van der Waals surface area contributed by atoms with E-state index in [1.54, 1.807) is 0 Å². The third kappa shape index (κ3) is 2.99. The van der Waals surface area contributed by atoms with Gasteiger partial charge in [0.25, 0.3) is 0 Å². The first-order valence-electron chi connectivity index (χ1n) is 6.52. The largest absolute Gasteiger partial charge is 0.479 e. The van der Waals surface area contributed by atoms with E-state index in [0.717, 1.165) is 25.7 Å². The summed E-state index contributed by atoms with van der Waals surface area (Å²) in [6, 6.07) is 0. The van der Waals surface area contributed by atoms with Crippen LogP contribution < -0.4 is 0 Å². The van der Waals surface area contributed by atoms with Crippen molar-refractivity contribution in [3.05, 3.63) is 0 Å². The fourth-order valence-electron chi connectivity index (χ4n) is 2.73. The predicted octanol–water partition coefficient (Wildman–Crippen LogP) is 2.28. The van der Waals surface area contributed by atoms with E-state index in [4.69, 9.17) is 0 Å². The zero-order valence-electron chi connectivity index (χ0n) is 10.8. The van der Waals surface area contributed by atoms with Crippen LogP contribution in [0.25, 0.3) is 0 Å². The second-order valence-electron chi connectivity index (χ2n) is 5.17. The molecule has 2 unspecified atom stereocenters. The summed E-state index contributed by atoms with van der Waals surface area (Å²) in [5.74, 6) is -0.279. The van der Waals surface area contributed by atoms with Gasteiger partial charge in [0.05, 0.1) is 0 Å². The molecule has 0 aliphatic heterocycles. The third-order valence-corrected chi connectivity index (χ3v) is 3.88. The van der Waals surface area contributed by atoms with E-state index in [1.807, 2.05) is 6.92 Å². The van der Waals surface area contributed by atoms with E-state index < -0.39 is 11.5 Å². The van der Waals surface area contributed by atoms with Gasteiger partial charge in [0.1, 0.15) is 5.54 Å². The van der Waals surface area contributed by atoms with E-state index >= 15 is 0 Å². The third-order valence-electron chi connectivity index (χ3n) is 3.88. The molecule has 2 atom stereocenters. The number of hydrogen-bond acceptors (Lipinski definition) is 2. The Balaban J connectivity index is 2.94. The molecule has 1 aliphatic rings. The van der Waals surface area contributed by atoms with Gasteiger partial charge in [-0.05, 0) is 31.6 Å². The van der Waals surface area contributed by atoms with Crippen molar-refractivity contribution in [1.29, 1.82) is 0 Å². The minimum Gasteiger partial charge on any atom is -0.479 e. The summed E-state index contributed by atoms with van der Waals surface area (Å²) in [5.41, 5.74) is -0.956. The van der Waals surface area contributed by atoms with E-state index in [1.165, 1.54) is 4.90 Å². The highest BCUT2D eigenvalue weighted by Gasteiger charge is 2.44. The number of aliphatic carboxylic acids is 1. The van der Waals surface area contributed by atoms with Crippen molar-refractivity contribution in [2.45, 2.75) is 57.9 Å². The number of carbonyl (C=O) groups excluding carboxylic acids is 1. The number of carboxylic acid groups (broad SMARTS) is 1. The molecule has 0 radical (unpaired) electrons. The van der Waals surface area contributed by atoms with Crippen LogP contribution in [0.3, 0.4) is 0 Å². The first kappa shape index (κ1) is 14.0. The monoisotopic (exact) mass is 241 g/mol. The summed E-state index contributed by atoms with van der Waals surface area (Å²) < 4.78 is 0. The molecule has 0 aromatic rings. The molecular weight excluding hydrogens is 218 g/mol. The first-order valence-corrected chi connectivity index (χ1v) is 6.52. The molecule has 1 rings (SSSR count). The molecule has 4 heteroatoms. The standard InChI is InChI=1S/C13H23NO3/c1-3-9-14(10-15)13(12(16)17)7-4-5-11(2)6-8-13/h10-11H,3-9H2,1-2H3,(H,16,17). The maximum atomic E-state index is 11.6. The molecule has 0 spiro atoms. The summed E-state index contributed by atoms with van der Waals surface area (Å²) in [7, 11) is 0. The van der Waals surface area contributed by atoms with Gasteiger partial charge in [0.15, 0.2) is 0 Å². The quantitative estimate of drug-likeness (QED) is 0.593. The van der Waals surface area contributed by atoms with E-state index in [-0.39, 0.29) is 0 Å². The molecule has 0 aromatic heterocycles. The minimum absolute atomic E-state index is 0.532. The lowest BCUT2D eigenvalue weighted by molar-refractivity contribution is -0.156. The Morgan fingerprint density at radius 1 is 1.47 bits per heavy atom. The maximum Gasteiger partial charge on any atom is 0.329 e. The molecule has 1 amide bonds. The van der Waals surface area contributed by atoms with E-state index in [2.05, 4.69) is 6.92 Å². The Hall–Kier alpha value is -1.06. The van der Waals surface area contributed by atoms with Crippen molar-refractivity contribution in [3.8, 4) is 0 Å². The van der Waals surface area contributed by atoms with Crippen LogP contribution in [0.15, 0.2) is 0 Å². The summed E-state index contributed by atoms with van der Waals surface area (Å²) in [5, 5.41) is 9.53. The Morgan fingerprint density at radius 2 is 2.18 bits per heavy atom. The molecule has 1 aliphatic carbocycles. The number of rotatable bonds is 5. The Bertz CT molecular complexity index is 280. The predicted molar refractivity (Wildman–Crippen MR) is 65.7 cm³/mol. The van der Waals surface area contributed by atoms with Gasteiger partial charge in [0, 0.05) is 6.54 Å². The molecule has 1 saturated carbocycles. The van der Waals surface area contributed by atoms with Crippen LogP contribution in [0.2, 0.25) is 0 Å². The lowest BCUT2D eigenvalue weighted by Crippen LogP contribution is -2.54. The number of carboxylic acids is 1. The average molecular weight is 241 g/mol. The highest BCUT2D eigenvalue weighted by molar-refractivity contribution is 5.81. The number of amides is 1. The Labute approximate surface area is 103 Å². The highest BCUT2D eigenvalue weighted by Crippen LogP contribution is 2.34. The van der Waals surface area contributed by atoms with Crippen molar-refractivity contribution in [2.24, 2.45) is 5.92 Å². The summed E-state index contributed by atoms with van der Waals surface area (Å²) in [6.45, 7) is 4.65. The Morgan fingerprint density at radius 3 is 2.71 bits per heavy atom. The van der Waals surface area contributed by atoms with Gasteiger partial charge in [-0.25, -0.2) is 4.79 Å². The lowest BCUT2D eigenvalue weighted by Gasteiger charge is -2.37. The van der Waals surface area contributed by atoms with Crippen molar-refractivity contribution >= 4 is 12.4 Å². The zero-order chi connectivity index (χ0) is 12.9. The van der Waals surface area contributed by atoms with Crippen LogP contribution in [-0.2, 0) is 9.59 Å². The summed E-state index contributed by atoms with van der Waals surface area (Å²) >= 11 is 0. The van der Waals surface area contributed by atoms with Crippen LogP contribution in [0.4, 0.5) is 0 Å². The van der Waals surface area contributed by atoms with Gasteiger partial charge in [-0.15, -0.1) is 0 Å². The molecule has 0 aromatic carbocycles. The first-order chi connectivity index (χ1) is 8.06. The van der Waals surface area contributed by atoms with Gasteiger partial charge in [-0.3, -0.25) is 4.79 Å². The zero-order valence-corrected chi connectivity index (χ0v) is 10.8. The second kappa shape index (κ2) is 6.03. The van der Waals surface area contributed by atoms with E-state index in [9.17, 15) is 14.7 Å². The highest BCUT2D eigenvalue weighted by atomic mass is 16.4. The molecule has 1 N–H and O–H groups in total. The van der Waals surface area contributed by atoms with E-state index in [0.29, 0.717) is 31.7 Å². The summed E-state index contributed by atoms with van der Waals surface area (Å²) in [6.07, 6.45) is 5.53. The summed E-state index contributed by atoms with van der Waals surface area (Å²) in [4.78, 5) is 24.3. The van der Waals surface area contributed by atoms with Crippen molar-refractivity contribution < 1.29 is 14.7 Å². The van der Waals surface area contributed by atoms with Gasteiger partial charge in [-0.2, -0.15) is 0 Å². The van der Waals surface area contributed by atoms with Crippen molar-refractivity contribution in [2.75, 3.05) is 6.54 Å². The molecule has 4 nitrogen and oxygen atoms in total. The molecular formula is C13H23NO3. The number of nitrogens with zero attached hydrogens (tertiary/aromatic N) is 1. The maximum absolute atomic E-state index is 11.6. The molecule has 1 fully saturated rings. The molecule has 0 saturated heterocycles. The van der Waals surface area contributed by atoms with Gasteiger partial charge in [0.2, 0.25) is 6.41 Å². The van der Waals surface area contributed by atoms with Gasteiger partial charge >= 0.3 is 5.97 Å². The molecule has 0 heterocycles. The van der Waals surface area contributed by atoms with Gasteiger partial charge < -0.3 is 10.0 Å². The van der Waals surface area contributed by atoms with Crippen molar-refractivity contribution in [1.82, 2.24) is 4.90 Å². The Kier molecular flexibility index (Phi) is 4.97. The van der Waals surface area contributed by atoms with Crippen LogP contribution in [0.1, 0.15) is 52.4 Å². The van der Waals surface area contributed by atoms with Crippen LogP contribution in [-0.4, -0.2) is 34.5 Å². The normalized spacial score (nSPS) is 29.4. The molecule has 0 bridgehead atoms. The molecule has 17 heavy (non-hydrogen) atoms. The topological polar surface area (TPSA) is 57.6 Å². The number of hydrogen-bond donors (Lipinski definition) is 1. The average Bonchev–Trinajstić information content (AvgIpc) is 2.49. The number of carbonyl (C=O) groups is 2. The van der Waals surface area contributed by atoms with Gasteiger partial charge in [-0.1, -0.05) is 26.7 Å². The SMILES string of the molecule is CCCN(C=O)C1(C(=O)O)CCCC(C)CC1. The smallest absolute Gasteiger partial charge is 0.329 e.